The third-order valence-corrected chi connectivity index (χ3v) is 0.873. The first-order valence-electron chi connectivity index (χ1n) is 2.28. The Hall–Kier alpha value is -0.440. The summed E-state index contributed by atoms with van der Waals surface area (Å²) in [6, 6.07) is 0. The number of alkyl halides is 2. The van der Waals surface area contributed by atoms with Crippen LogP contribution in [0.5, 0.6) is 0 Å². The highest BCUT2D eigenvalue weighted by Gasteiger charge is 2.24. The zero-order valence-corrected chi connectivity index (χ0v) is 5.37. The summed E-state index contributed by atoms with van der Waals surface area (Å²) < 4.78 is 24.1. The molecule has 1 rings (SSSR count). The summed E-state index contributed by atoms with van der Waals surface area (Å²) in [6.07, 6.45) is 2.86. The van der Waals surface area contributed by atoms with E-state index in [2.05, 4.69) is 4.99 Å². The highest BCUT2D eigenvalue weighted by molar-refractivity contribution is 5.85. The lowest BCUT2D eigenvalue weighted by atomic mass is 10.2. The van der Waals surface area contributed by atoms with Gasteiger partial charge in [0, 0.05) is 18.5 Å². The van der Waals surface area contributed by atoms with Crippen LogP contribution in [0.4, 0.5) is 8.78 Å². The Bertz CT molecular complexity index is 142. The van der Waals surface area contributed by atoms with Gasteiger partial charge in [-0.25, -0.2) is 8.78 Å². The summed E-state index contributed by atoms with van der Waals surface area (Å²) in [5.74, 6) is -2.65. The van der Waals surface area contributed by atoms with E-state index in [1.165, 1.54) is 6.21 Å². The second-order valence-corrected chi connectivity index (χ2v) is 1.61. The van der Waals surface area contributed by atoms with Crippen LogP contribution in [0, 0.1) is 0 Å². The fourth-order valence-corrected chi connectivity index (χ4v) is 0.455. The zero-order chi connectivity index (χ0) is 6.04. The third-order valence-electron chi connectivity index (χ3n) is 0.873. The molecule has 0 aromatic carbocycles. The predicted molar refractivity (Wildman–Crippen MR) is 34.4 cm³/mol. The lowest BCUT2D eigenvalue weighted by molar-refractivity contribution is 0.0634. The van der Waals surface area contributed by atoms with Crippen molar-refractivity contribution in [2.75, 3.05) is 0 Å². The van der Waals surface area contributed by atoms with Crippen LogP contribution >= 0.6 is 12.4 Å². The minimum atomic E-state index is -2.65. The van der Waals surface area contributed by atoms with E-state index in [9.17, 15) is 8.78 Å². The molecule has 4 heteroatoms. The lowest BCUT2D eigenvalue weighted by Crippen LogP contribution is -2.13. The molecule has 0 unspecified atom stereocenters. The fourth-order valence-electron chi connectivity index (χ4n) is 0.455. The zero-order valence-electron chi connectivity index (χ0n) is 4.55. The average Bonchev–Trinajstić information content (AvgIpc) is 1.65. The van der Waals surface area contributed by atoms with E-state index in [0.29, 0.717) is 0 Å². The third kappa shape index (κ3) is 2.56. The second-order valence-electron chi connectivity index (χ2n) is 1.61. The van der Waals surface area contributed by atoms with Crippen molar-refractivity contribution in [3.8, 4) is 0 Å². The van der Waals surface area contributed by atoms with Crippen molar-refractivity contribution >= 4 is 18.6 Å². The molecular weight excluding hydrogens is 148 g/mol. The Balaban J connectivity index is 0.000000640. The SMILES string of the molecule is Cl.FC1(F)C=CN=CC1. The number of nitrogens with zero attached hydrogens (tertiary/aromatic N) is 1. The highest BCUT2D eigenvalue weighted by Crippen LogP contribution is 2.20. The molecule has 0 amide bonds. The number of rotatable bonds is 0. The molecule has 0 fully saturated rings. The summed E-state index contributed by atoms with van der Waals surface area (Å²) in [5.41, 5.74) is 0. The normalized spacial score (nSPS) is 21.1. The van der Waals surface area contributed by atoms with Gasteiger partial charge in [0.1, 0.15) is 0 Å². The van der Waals surface area contributed by atoms with Crippen molar-refractivity contribution in [2.24, 2.45) is 4.99 Å². The van der Waals surface area contributed by atoms with E-state index in [0.717, 1.165) is 12.3 Å². The molecule has 1 nitrogen and oxygen atoms in total. The Labute approximate surface area is 57.9 Å². The van der Waals surface area contributed by atoms with Gasteiger partial charge in [0.05, 0.1) is 6.42 Å². The van der Waals surface area contributed by atoms with Crippen molar-refractivity contribution < 1.29 is 8.78 Å². The largest absolute Gasteiger partial charge is 0.273 e. The van der Waals surface area contributed by atoms with Gasteiger partial charge in [0.25, 0.3) is 5.92 Å². The number of aliphatic imine (C=N–C) groups is 1. The van der Waals surface area contributed by atoms with Gasteiger partial charge in [-0.1, -0.05) is 0 Å². The van der Waals surface area contributed by atoms with Crippen LogP contribution in [0.3, 0.4) is 0 Å². The molecule has 1 aliphatic rings. The van der Waals surface area contributed by atoms with E-state index in [-0.39, 0.29) is 18.8 Å². The fraction of sp³-hybridized carbons (Fsp3) is 0.400. The van der Waals surface area contributed by atoms with Gasteiger partial charge < -0.3 is 0 Å². The Morgan fingerprint density at radius 3 is 2.33 bits per heavy atom. The highest BCUT2D eigenvalue weighted by atomic mass is 35.5. The summed E-state index contributed by atoms with van der Waals surface area (Å²) in [4.78, 5) is 3.49. The van der Waals surface area contributed by atoms with Crippen LogP contribution in [0.1, 0.15) is 6.42 Å². The van der Waals surface area contributed by atoms with E-state index < -0.39 is 5.92 Å². The van der Waals surface area contributed by atoms with Crippen LogP contribution in [0.25, 0.3) is 0 Å². The minimum absolute atomic E-state index is 0. The van der Waals surface area contributed by atoms with Crippen LogP contribution in [-0.2, 0) is 0 Å². The van der Waals surface area contributed by atoms with E-state index in [1.807, 2.05) is 0 Å². The molecule has 9 heavy (non-hydrogen) atoms. The molecule has 0 spiro atoms. The van der Waals surface area contributed by atoms with Gasteiger partial charge in [-0.3, -0.25) is 4.99 Å². The predicted octanol–water partition coefficient (Wildman–Crippen LogP) is 2.03. The Kier molecular flexibility index (Phi) is 2.77. The molecule has 52 valence electrons. The molecule has 0 bridgehead atoms. The molecule has 0 radical (unpaired) electrons. The van der Waals surface area contributed by atoms with Gasteiger partial charge in [0.2, 0.25) is 0 Å². The topological polar surface area (TPSA) is 12.4 Å². The monoisotopic (exact) mass is 153 g/mol. The molecule has 1 heterocycles. The van der Waals surface area contributed by atoms with Crippen molar-refractivity contribution in [3.05, 3.63) is 12.3 Å². The van der Waals surface area contributed by atoms with Gasteiger partial charge in [-0.05, 0) is 0 Å². The summed E-state index contributed by atoms with van der Waals surface area (Å²) in [5, 5.41) is 0. The van der Waals surface area contributed by atoms with E-state index in [1.54, 1.807) is 0 Å². The Morgan fingerprint density at radius 1 is 1.44 bits per heavy atom. The van der Waals surface area contributed by atoms with Crippen molar-refractivity contribution in [1.82, 2.24) is 0 Å². The number of hydrogen-bond acceptors (Lipinski definition) is 1. The van der Waals surface area contributed by atoms with E-state index in [4.69, 9.17) is 0 Å². The number of halogens is 3. The van der Waals surface area contributed by atoms with Crippen LogP contribution in [0.2, 0.25) is 0 Å². The average molecular weight is 154 g/mol. The quantitative estimate of drug-likeness (QED) is 0.505. The van der Waals surface area contributed by atoms with E-state index >= 15 is 0 Å². The summed E-state index contributed by atoms with van der Waals surface area (Å²) in [6.45, 7) is 0. The first kappa shape index (κ1) is 8.56. The molecule has 0 aromatic rings. The molecule has 1 aliphatic heterocycles. The van der Waals surface area contributed by atoms with Crippen LogP contribution in [-0.4, -0.2) is 12.1 Å². The van der Waals surface area contributed by atoms with Gasteiger partial charge in [-0.2, -0.15) is 0 Å². The molecule has 0 aliphatic carbocycles. The minimum Gasteiger partial charge on any atom is -0.269 e. The summed E-state index contributed by atoms with van der Waals surface area (Å²) in [7, 11) is 0. The first-order chi connectivity index (χ1) is 3.71. The molecule has 0 saturated heterocycles. The standard InChI is InChI=1S/C5H5F2N.ClH/c6-5(7)1-3-8-4-2-5;/h1,3-4H,2H2;1H. The molecular formula is C5H6ClF2N. The number of allylic oxidation sites excluding steroid dienone is 1. The maximum absolute atomic E-state index is 12.0. The smallest absolute Gasteiger partial charge is 0.269 e. The van der Waals surface area contributed by atoms with Crippen molar-refractivity contribution in [3.63, 3.8) is 0 Å². The van der Waals surface area contributed by atoms with Gasteiger partial charge >= 0.3 is 0 Å². The second kappa shape index (κ2) is 2.92. The summed E-state index contributed by atoms with van der Waals surface area (Å²) >= 11 is 0. The first-order valence-corrected chi connectivity index (χ1v) is 2.28. The van der Waals surface area contributed by atoms with Crippen molar-refractivity contribution in [1.29, 1.82) is 0 Å². The molecule has 0 atom stereocenters. The van der Waals surface area contributed by atoms with Gasteiger partial charge in [-0.15, -0.1) is 12.4 Å². The van der Waals surface area contributed by atoms with Crippen molar-refractivity contribution in [2.45, 2.75) is 12.3 Å². The molecule has 0 saturated carbocycles. The van der Waals surface area contributed by atoms with Gasteiger partial charge in [0.15, 0.2) is 0 Å². The Morgan fingerprint density at radius 2 is 2.11 bits per heavy atom. The molecule has 0 aromatic heterocycles. The van der Waals surface area contributed by atoms with Crippen LogP contribution < -0.4 is 0 Å². The molecule has 0 N–H and O–H groups in total. The number of hydrogen-bond donors (Lipinski definition) is 0. The maximum Gasteiger partial charge on any atom is 0.273 e. The van der Waals surface area contributed by atoms with Crippen LogP contribution in [0.15, 0.2) is 17.3 Å². The maximum atomic E-state index is 12.0. The lowest BCUT2D eigenvalue weighted by Gasteiger charge is -2.08.